The van der Waals surface area contributed by atoms with Crippen LogP contribution in [0.25, 0.3) is 11.3 Å². The van der Waals surface area contributed by atoms with Crippen LogP contribution in [0.1, 0.15) is 25.3 Å². The zero-order valence-corrected chi connectivity index (χ0v) is 19.1. The Morgan fingerprint density at radius 2 is 1.64 bits per heavy atom. The maximum absolute atomic E-state index is 12.2. The normalized spacial score (nSPS) is 11.1. The number of carbonyl (C=O) groups excluding carboxylic acids is 2. The monoisotopic (exact) mass is 468 g/mol. The predicted octanol–water partition coefficient (Wildman–Crippen LogP) is 2.46. The molecule has 1 heterocycles. The van der Waals surface area contributed by atoms with Gasteiger partial charge >= 0.3 is 0 Å². The average Bonchev–Trinajstić information content (AvgIpc) is 2.75. The Balaban J connectivity index is 1.56. The van der Waals surface area contributed by atoms with Gasteiger partial charge in [0.15, 0.2) is 0 Å². The highest BCUT2D eigenvalue weighted by atomic mass is 32.2. The lowest BCUT2D eigenvalue weighted by Gasteiger charge is -2.09. The minimum absolute atomic E-state index is 0.0883. The Hall–Kier alpha value is -3.79. The van der Waals surface area contributed by atoms with Gasteiger partial charge in [-0.25, -0.2) is 17.8 Å². The second kappa shape index (κ2) is 10.2. The molecule has 0 saturated heterocycles. The molecule has 0 saturated carbocycles. The van der Waals surface area contributed by atoms with Gasteiger partial charge in [0.05, 0.1) is 10.6 Å². The molecular weight excluding hydrogens is 444 g/mol. The molecule has 2 amide bonds. The number of aryl methyl sites for hydroxylation is 2. The van der Waals surface area contributed by atoms with Gasteiger partial charge in [-0.15, -0.1) is 0 Å². The third-order valence-corrected chi connectivity index (χ3v) is 6.16. The molecule has 10 heteroatoms. The van der Waals surface area contributed by atoms with E-state index in [1.807, 2.05) is 35.9 Å². The summed E-state index contributed by atoms with van der Waals surface area (Å²) in [5, 5.41) is 7.07. The van der Waals surface area contributed by atoms with E-state index >= 15 is 0 Å². The lowest BCUT2D eigenvalue weighted by Crippen LogP contribution is -2.28. The summed E-state index contributed by atoms with van der Waals surface area (Å²) in [6.07, 6.45) is 0.542. The van der Waals surface area contributed by atoms with Crippen LogP contribution in [0, 0.1) is 6.92 Å². The molecule has 172 valence electrons. The van der Waals surface area contributed by atoms with Crippen LogP contribution in [0.5, 0.6) is 0 Å². The molecule has 3 rings (SSSR count). The van der Waals surface area contributed by atoms with Crippen molar-refractivity contribution in [3.8, 4) is 11.3 Å². The fourth-order valence-corrected chi connectivity index (χ4v) is 4.06. The van der Waals surface area contributed by atoms with Gasteiger partial charge in [0.2, 0.25) is 11.8 Å². The van der Waals surface area contributed by atoms with E-state index in [2.05, 4.69) is 10.4 Å². The van der Waals surface area contributed by atoms with E-state index in [-0.39, 0.29) is 29.3 Å². The summed E-state index contributed by atoms with van der Waals surface area (Å²) in [4.78, 5) is 35.3. The topological polar surface area (TPSA) is 127 Å². The number of hydrogen-bond acceptors (Lipinski definition) is 6. The van der Waals surface area contributed by atoms with Crippen molar-refractivity contribution in [3.63, 3.8) is 0 Å². The quantitative estimate of drug-likeness (QED) is 0.523. The van der Waals surface area contributed by atoms with Crippen molar-refractivity contribution in [2.24, 2.45) is 0 Å². The molecule has 2 aromatic carbocycles. The fourth-order valence-electron chi connectivity index (χ4n) is 3.07. The van der Waals surface area contributed by atoms with Crippen molar-refractivity contribution < 1.29 is 18.0 Å². The summed E-state index contributed by atoms with van der Waals surface area (Å²) in [6, 6.07) is 16.4. The predicted molar refractivity (Wildman–Crippen MR) is 124 cm³/mol. The first-order valence-electron chi connectivity index (χ1n) is 10.2. The maximum Gasteiger partial charge on any atom is 0.266 e. The lowest BCUT2D eigenvalue weighted by atomic mass is 10.1. The van der Waals surface area contributed by atoms with Gasteiger partial charge in [-0.05, 0) is 43.7 Å². The number of rotatable bonds is 8. The molecule has 0 aliphatic carbocycles. The fraction of sp³-hybridized carbons (Fsp3) is 0.217. The van der Waals surface area contributed by atoms with Gasteiger partial charge < -0.3 is 5.32 Å². The Morgan fingerprint density at radius 1 is 0.970 bits per heavy atom. The summed E-state index contributed by atoms with van der Waals surface area (Å²) >= 11 is 0. The number of amides is 2. The zero-order chi connectivity index (χ0) is 24.0. The van der Waals surface area contributed by atoms with Gasteiger partial charge in [-0.3, -0.25) is 14.4 Å². The lowest BCUT2D eigenvalue weighted by molar-refractivity contribution is -0.117. The summed E-state index contributed by atoms with van der Waals surface area (Å²) in [5.74, 6) is -0.972. The second-order valence-corrected chi connectivity index (χ2v) is 9.17. The molecule has 0 spiro atoms. The van der Waals surface area contributed by atoms with E-state index < -0.39 is 15.9 Å². The van der Waals surface area contributed by atoms with E-state index in [1.165, 1.54) is 35.0 Å². The molecular formula is C23H24N4O5S. The Labute approximate surface area is 191 Å². The van der Waals surface area contributed by atoms with Crippen LogP contribution in [-0.4, -0.2) is 30.0 Å². The van der Waals surface area contributed by atoms with Crippen LogP contribution in [0.3, 0.4) is 0 Å². The van der Waals surface area contributed by atoms with Crippen molar-refractivity contribution >= 4 is 27.5 Å². The van der Waals surface area contributed by atoms with Crippen molar-refractivity contribution in [1.29, 1.82) is 0 Å². The maximum atomic E-state index is 12.2. The van der Waals surface area contributed by atoms with Crippen LogP contribution in [-0.2, 0) is 26.2 Å². The number of hydrogen-bond donors (Lipinski definition) is 2. The summed E-state index contributed by atoms with van der Waals surface area (Å²) in [7, 11) is -3.93. The smallest absolute Gasteiger partial charge is 0.266 e. The highest BCUT2D eigenvalue weighted by Crippen LogP contribution is 2.16. The first kappa shape index (κ1) is 23.9. The van der Waals surface area contributed by atoms with Crippen molar-refractivity contribution in [1.82, 2.24) is 14.5 Å². The molecule has 0 aliphatic rings. The summed E-state index contributed by atoms with van der Waals surface area (Å²) < 4.78 is 27.1. The number of carbonyl (C=O) groups is 2. The third kappa shape index (κ3) is 6.59. The van der Waals surface area contributed by atoms with Gasteiger partial charge in [-0.2, -0.15) is 5.10 Å². The molecule has 0 bridgehead atoms. The first-order chi connectivity index (χ1) is 15.6. The number of sulfonamides is 1. The van der Waals surface area contributed by atoms with Crippen LogP contribution in [0.4, 0.5) is 5.69 Å². The molecule has 33 heavy (non-hydrogen) atoms. The second-order valence-electron chi connectivity index (χ2n) is 7.48. The number of nitrogens with one attached hydrogen (secondary N) is 2. The molecule has 0 atom stereocenters. The molecule has 3 aromatic rings. The van der Waals surface area contributed by atoms with Crippen LogP contribution < -0.4 is 15.6 Å². The van der Waals surface area contributed by atoms with Crippen molar-refractivity contribution in [2.75, 3.05) is 5.32 Å². The summed E-state index contributed by atoms with van der Waals surface area (Å²) in [6.45, 7) is 3.37. The number of aromatic nitrogens is 2. The number of nitrogens with zero attached hydrogens (tertiary/aromatic N) is 2. The van der Waals surface area contributed by atoms with Crippen molar-refractivity contribution in [3.05, 3.63) is 76.6 Å². The summed E-state index contributed by atoms with van der Waals surface area (Å²) in [5.41, 5.74) is 2.87. The van der Waals surface area contributed by atoms with Gasteiger partial charge in [0, 0.05) is 37.2 Å². The molecule has 0 fully saturated rings. The molecule has 1 aromatic heterocycles. The van der Waals surface area contributed by atoms with Crippen LogP contribution >= 0.6 is 0 Å². The Bertz CT molecular complexity index is 1310. The number of benzene rings is 2. The average molecular weight is 469 g/mol. The largest absolute Gasteiger partial charge is 0.326 e. The minimum Gasteiger partial charge on any atom is -0.326 e. The Morgan fingerprint density at radius 3 is 2.27 bits per heavy atom. The van der Waals surface area contributed by atoms with E-state index in [4.69, 9.17) is 0 Å². The SMILES string of the molecule is CC(=O)NS(=O)(=O)c1ccc(NC(=O)CCCn2nc(-c3ccc(C)cc3)ccc2=O)cc1. The zero-order valence-electron chi connectivity index (χ0n) is 18.2. The molecule has 0 radical (unpaired) electrons. The van der Waals surface area contributed by atoms with E-state index in [0.717, 1.165) is 18.1 Å². The molecule has 2 N–H and O–H groups in total. The van der Waals surface area contributed by atoms with Crippen molar-refractivity contribution in [2.45, 2.75) is 38.1 Å². The Kier molecular flexibility index (Phi) is 7.39. The van der Waals surface area contributed by atoms with Gasteiger partial charge in [-0.1, -0.05) is 29.8 Å². The highest BCUT2D eigenvalue weighted by Gasteiger charge is 2.15. The highest BCUT2D eigenvalue weighted by molar-refractivity contribution is 7.90. The first-order valence-corrected chi connectivity index (χ1v) is 11.7. The molecule has 0 aliphatic heterocycles. The molecule has 0 unspecified atom stereocenters. The van der Waals surface area contributed by atoms with Gasteiger partial charge in [0.25, 0.3) is 15.6 Å². The molecule has 9 nitrogen and oxygen atoms in total. The van der Waals surface area contributed by atoms with Crippen LogP contribution in [0.2, 0.25) is 0 Å². The third-order valence-electron chi connectivity index (χ3n) is 4.71. The van der Waals surface area contributed by atoms with E-state index in [0.29, 0.717) is 17.8 Å². The van der Waals surface area contributed by atoms with E-state index in [1.54, 1.807) is 6.07 Å². The van der Waals surface area contributed by atoms with Gasteiger partial charge in [0.1, 0.15) is 0 Å². The standard InChI is InChI=1S/C23H24N4O5S/c1-16-5-7-18(8-6-16)21-13-14-23(30)27(25-21)15-3-4-22(29)24-19-9-11-20(12-10-19)33(31,32)26-17(2)28/h5-14H,3-4,15H2,1-2H3,(H,24,29)(H,26,28). The van der Waals surface area contributed by atoms with Crippen LogP contribution in [0.15, 0.2) is 70.4 Å². The minimum atomic E-state index is -3.93. The number of anilines is 1. The van der Waals surface area contributed by atoms with E-state index in [9.17, 15) is 22.8 Å².